The van der Waals surface area contributed by atoms with Crippen molar-refractivity contribution in [2.24, 2.45) is 0 Å². The van der Waals surface area contributed by atoms with Gasteiger partial charge < -0.3 is 9.64 Å². The van der Waals surface area contributed by atoms with E-state index < -0.39 is 16.1 Å². The van der Waals surface area contributed by atoms with E-state index in [2.05, 4.69) is 0 Å². The minimum atomic E-state index is -3.79. The van der Waals surface area contributed by atoms with Crippen molar-refractivity contribution in [1.29, 1.82) is 0 Å². The van der Waals surface area contributed by atoms with Gasteiger partial charge in [-0.15, -0.1) is 0 Å². The minimum absolute atomic E-state index is 0.258. The predicted octanol–water partition coefficient (Wildman–Crippen LogP) is 4.73. The normalized spacial score (nSPS) is 12.1. The molecule has 0 aliphatic rings. The molecule has 0 unspecified atom stereocenters. The Morgan fingerprint density at radius 3 is 1.88 bits per heavy atom. The fraction of sp³-hybridized carbons (Fsp3) is 0.240. The number of anilines is 1. The van der Waals surface area contributed by atoms with Gasteiger partial charge in [0.25, 0.3) is 0 Å². The van der Waals surface area contributed by atoms with Gasteiger partial charge in [-0.25, -0.2) is 8.42 Å². The Morgan fingerprint density at radius 2 is 1.45 bits per heavy atom. The maximum absolute atomic E-state index is 13.7. The Labute approximate surface area is 200 Å². The quantitative estimate of drug-likeness (QED) is 0.438. The number of rotatable bonds is 9. The summed E-state index contributed by atoms with van der Waals surface area (Å²) in [5.41, 5.74) is 2.20. The second-order valence-corrected chi connectivity index (χ2v) is 9.99. The van der Waals surface area contributed by atoms with E-state index >= 15 is 0 Å². The number of amides is 1. The van der Waals surface area contributed by atoms with Crippen LogP contribution in [0.4, 0.5) is 5.69 Å². The first-order valence-electron chi connectivity index (χ1n) is 10.4. The SMILES string of the molecule is COc1ccc(N([C@H](C)C(=O)N(Cc2ccccc2)Cc2ccccc2)S(C)(=O)=O)cc1Cl. The van der Waals surface area contributed by atoms with E-state index in [9.17, 15) is 13.2 Å². The molecule has 3 rings (SSSR count). The first kappa shape index (κ1) is 24.6. The molecular formula is C25H27ClN2O4S. The Balaban J connectivity index is 1.96. The number of ether oxygens (including phenoxy) is 1. The molecule has 0 N–H and O–H groups in total. The van der Waals surface area contributed by atoms with Crippen molar-refractivity contribution in [2.45, 2.75) is 26.1 Å². The lowest BCUT2D eigenvalue weighted by Crippen LogP contribution is -2.49. The molecule has 33 heavy (non-hydrogen) atoms. The summed E-state index contributed by atoms with van der Waals surface area (Å²) >= 11 is 6.24. The van der Waals surface area contributed by atoms with Crippen molar-refractivity contribution in [3.05, 3.63) is 95.0 Å². The molecule has 0 aromatic heterocycles. The molecule has 0 radical (unpaired) electrons. The smallest absolute Gasteiger partial charge is 0.246 e. The molecule has 0 bridgehead atoms. The van der Waals surface area contributed by atoms with E-state index in [4.69, 9.17) is 16.3 Å². The highest BCUT2D eigenvalue weighted by Crippen LogP contribution is 2.31. The Morgan fingerprint density at radius 1 is 0.939 bits per heavy atom. The van der Waals surface area contributed by atoms with Crippen LogP contribution in [0.25, 0.3) is 0 Å². The Hall–Kier alpha value is -3.03. The summed E-state index contributed by atoms with van der Waals surface area (Å²) in [6.07, 6.45) is 1.08. The molecule has 0 saturated carbocycles. The molecule has 3 aromatic carbocycles. The molecular weight excluding hydrogens is 460 g/mol. The number of carbonyl (C=O) groups is 1. The lowest BCUT2D eigenvalue weighted by Gasteiger charge is -2.33. The first-order valence-corrected chi connectivity index (χ1v) is 12.6. The summed E-state index contributed by atoms with van der Waals surface area (Å²) in [5, 5.41) is 0.258. The molecule has 0 aliphatic heterocycles. The molecule has 8 heteroatoms. The zero-order valence-corrected chi connectivity index (χ0v) is 20.4. The first-order chi connectivity index (χ1) is 15.7. The standard InChI is InChI=1S/C25H27ClN2O4S/c1-19(28(33(3,30)31)22-14-15-24(32-2)23(26)16-22)25(29)27(17-20-10-6-4-7-11-20)18-21-12-8-5-9-13-21/h4-16,19H,17-18H2,1-3H3/t19-/m1/s1. The largest absolute Gasteiger partial charge is 0.495 e. The lowest BCUT2D eigenvalue weighted by molar-refractivity contribution is -0.133. The summed E-state index contributed by atoms with van der Waals surface area (Å²) in [6, 6.07) is 22.9. The van der Waals surface area contributed by atoms with Gasteiger partial charge in [-0.3, -0.25) is 9.10 Å². The molecule has 0 heterocycles. The Bertz CT molecular complexity index is 1150. The second-order valence-electron chi connectivity index (χ2n) is 7.72. The van der Waals surface area contributed by atoms with Gasteiger partial charge in [-0.1, -0.05) is 72.3 Å². The van der Waals surface area contributed by atoms with E-state index in [1.807, 2.05) is 60.7 Å². The number of halogens is 1. The molecule has 0 saturated heterocycles. The molecule has 1 amide bonds. The third kappa shape index (κ3) is 6.27. The van der Waals surface area contributed by atoms with Crippen LogP contribution in [-0.2, 0) is 27.9 Å². The average molecular weight is 487 g/mol. The van der Waals surface area contributed by atoms with E-state index in [0.717, 1.165) is 21.7 Å². The highest BCUT2D eigenvalue weighted by atomic mass is 35.5. The minimum Gasteiger partial charge on any atom is -0.495 e. The second kappa shape index (κ2) is 10.7. The number of hydrogen-bond acceptors (Lipinski definition) is 4. The van der Waals surface area contributed by atoms with Crippen LogP contribution in [0.15, 0.2) is 78.9 Å². The number of benzene rings is 3. The van der Waals surface area contributed by atoms with E-state index in [1.165, 1.54) is 13.2 Å². The number of nitrogens with zero attached hydrogens (tertiary/aromatic N) is 2. The maximum Gasteiger partial charge on any atom is 0.246 e. The van der Waals surface area contributed by atoms with Crippen molar-refractivity contribution in [2.75, 3.05) is 17.7 Å². The van der Waals surface area contributed by atoms with Crippen molar-refractivity contribution in [1.82, 2.24) is 4.90 Å². The van der Waals surface area contributed by atoms with Crippen LogP contribution in [-0.4, -0.2) is 38.6 Å². The summed E-state index contributed by atoms with van der Waals surface area (Å²) in [7, 11) is -2.31. The fourth-order valence-corrected chi connectivity index (χ4v) is 5.09. The van der Waals surface area contributed by atoms with Crippen LogP contribution < -0.4 is 9.04 Å². The molecule has 6 nitrogen and oxygen atoms in total. The van der Waals surface area contributed by atoms with Crippen LogP contribution in [0.5, 0.6) is 5.75 Å². The molecule has 174 valence electrons. The van der Waals surface area contributed by atoms with Crippen molar-refractivity contribution >= 4 is 33.2 Å². The van der Waals surface area contributed by atoms with Gasteiger partial charge in [-0.05, 0) is 36.2 Å². The zero-order chi connectivity index (χ0) is 24.0. The van der Waals surface area contributed by atoms with E-state index in [1.54, 1.807) is 24.0 Å². The Kier molecular flexibility index (Phi) is 8.00. The monoisotopic (exact) mass is 486 g/mol. The number of sulfonamides is 1. The topological polar surface area (TPSA) is 66.9 Å². The van der Waals surface area contributed by atoms with Crippen LogP contribution in [0, 0.1) is 0 Å². The van der Waals surface area contributed by atoms with Crippen LogP contribution >= 0.6 is 11.6 Å². The van der Waals surface area contributed by atoms with Gasteiger partial charge in [0, 0.05) is 13.1 Å². The summed E-state index contributed by atoms with van der Waals surface area (Å²) in [4.78, 5) is 15.3. The highest BCUT2D eigenvalue weighted by molar-refractivity contribution is 7.92. The van der Waals surface area contributed by atoms with Gasteiger partial charge in [0.2, 0.25) is 15.9 Å². The molecule has 0 spiro atoms. The third-order valence-corrected chi connectivity index (χ3v) is 6.74. The van der Waals surface area contributed by atoms with Crippen LogP contribution in [0.3, 0.4) is 0 Å². The third-order valence-electron chi connectivity index (χ3n) is 5.20. The summed E-state index contributed by atoms with van der Waals surface area (Å²) in [5.74, 6) is 0.0997. The van der Waals surface area contributed by atoms with Crippen molar-refractivity contribution < 1.29 is 17.9 Å². The molecule has 3 aromatic rings. The van der Waals surface area contributed by atoms with Gasteiger partial charge in [0.05, 0.1) is 24.1 Å². The average Bonchev–Trinajstić information content (AvgIpc) is 2.79. The van der Waals surface area contributed by atoms with E-state index in [-0.39, 0.29) is 10.9 Å². The van der Waals surface area contributed by atoms with Gasteiger partial charge >= 0.3 is 0 Å². The highest BCUT2D eigenvalue weighted by Gasteiger charge is 2.32. The van der Waals surface area contributed by atoms with Gasteiger partial charge in [0.1, 0.15) is 11.8 Å². The van der Waals surface area contributed by atoms with Crippen LogP contribution in [0.2, 0.25) is 5.02 Å². The van der Waals surface area contributed by atoms with Gasteiger partial charge in [-0.2, -0.15) is 0 Å². The number of hydrogen-bond donors (Lipinski definition) is 0. The zero-order valence-electron chi connectivity index (χ0n) is 18.8. The van der Waals surface area contributed by atoms with E-state index in [0.29, 0.717) is 24.5 Å². The molecule has 1 atom stereocenters. The molecule has 0 fully saturated rings. The summed E-state index contributed by atoms with van der Waals surface area (Å²) in [6.45, 7) is 2.28. The predicted molar refractivity (Wildman–Crippen MR) is 132 cm³/mol. The van der Waals surface area contributed by atoms with Crippen LogP contribution in [0.1, 0.15) is 18.1 Å². The molecule has 0 aliphatic carbocycles. The lowest BCUT2D eigenvalue weighted by atomic mass is 10.1. The fourth-order valence-electron chi connectivity index (χ4n) is 3.68. The number of carbonyl (C=O) groups excluding carboxylic acids is 1. The maximum atomic E-state index is 13.7. The van der Waals surface area contributed by atoms with Crippen molar-refractivity contribution in [3.8, 4) is 5.75 Å². The van der Waals surface area contributed by atoms with Gasteiger partial charge in [0.15, 0.2) is 0 Å². The number of methoxy groups -OCH3 is 1. The summed E-state index contributed by atoms with van der Waals surface area (Å²) < 4.78 is 31.8. The van der Waals surface area contributed by atoms with Crippen molar-refractivity contribution in [3.63, 3.8) is 0 Å².